The maximum atomic E-state index is 5.89. The van der Waals surface area contributed by atoms with Crippen LogP contribution in [0.2, 0.25) is 0 Å². The molecule has 212 valence electrons. The number of nitrogens with zero attached hydrogens (tertiary/aromatic N) is 2. The summed E-state index contributed by atoms with van der Waals surface area (Å²) in [6, 6.07) is 29.1. The lowest BCUT2D eigenvalue weighted by atomic mass is 9.96. The van der Waals surface area contributed by atoms with E-state index >= 15 is 0 Å². The number of aromatic nitrogens is 1. The van der Waals surface area contributed by atoms with E-state index in [9.17, 15) is 0 Å². The molecule has 0 atom stereocenters. The van der Waals surface area contributed by atoms with Crippen LogP contribution >= 0.6 is 0 Å². The number of ether oxygens (including phenoxy) is 3. The molecule has 1 fully saturated rings. The lowest BCUT2D eigenvalue weighted by Crippen LogP contribution is -2.36. The number of nitrogens with one attached hydrogen (secondary N) is 2. The zero-order valence-electron chi connectivity index (χ0n) is 23.6. The highest BCUT2D eigenvalue weighted by Gasteiger charge is 2.20. The average molecular weight is 551 g/mol. The van der Waals surface area contributed by atoms with Crippen molar-refractivity contribution < 1.29 is 14.2 Å². The number of likely N-dealkylation sites (tertiary alicyclic amines) is 1. The van der Waals surface area contributed by atoms with Crippen molar-refractivity contribution in [1.82, 2.24) is 15.2 Å². The van der Waals surface area contributed by atoms with Crippen LogP contribution in [0.25, 0.3) is 11.3 Å². The molecule has 7 nitrogen and oxygen atoms in total. The second-order valence-corrected chi connectivity index (χ2v) is 10.7. The smallest absolute Gasteiger partial charge is 0.238 e. The Balaban J connectivity index is 1.03. The molecule has 6 rings (SSSR count). The second-order valence-electron chi connectivity index (χ2n) is 10.7. The summed E-state index contributed by atoms with van der Waals surface area (Å²) in [4.78, 5) is 7.36. The van der Waals surface area contributed by atoms with Crippen molar-refractivity contribution >= 4 is 11.4 Å². The summed E-state index contributed by atoms with van der Waals surface area (Å²) in [5.74, 6) is 2.73. The highest BCUT2D eigenvalue weighted by molar-refractivity contribution is 5.75. The van der Waals surface area contributed by atoms with Crippen LogP contribution < -0.4 is 24.8 Å². The summed E-state index contributed by atoms with van der Waals surface area (Å²) >= 11 is 0. The van der Waals surface area contributed by atoms with Gasteiger partial charge in [0.05, 0.1) is 12.8 Å². The molecule has 0 bridgehead atoms. The van der Waals surface area contributed by atoms with Gasteiger partial charge in [0.15, 0.2) is 11.5 Å². The molecule has 4 aromatic rings. The molecule has 2 aliphatic rings. The topological polar surface area (TPSA) is 67.9 Å². The van der Waals surface area contributed by atoms with Crippen LogP contribution in [0.3, 0.4) is 0 Å². The van der Waals surface area contributed by atoms with Gasteiger partial charge in [-0.2, -0.15) is 0 Å². The Hall–Kier alpha value is -4.07. The molecule has 0 saturated carbocycles. The summed E-state index contributed by atoms with van der Waals surface area (Å²) in [5.41, 5.74) is 6.13. The van der Waals surface area contributed by atoms with Crippen LogP contribution in [0.4, 0.5) is 11.4 Å². The van der Waals surface area contributed by atoms with Gasteiger partial charge in [-0.15, -0.1) is 0 Å². The fourth-order valence-corrected chi connectivity index (χ4v) is 5.64. The molecule has 0 unspecified atom stereocenters. The molecule has 3 aromatic carbocycles. The predicted octanol–water partition coefficient (Wildman–Crippen LogP) is 6.27. The van der Waals surface area contributed by atoms with Crippen LogP contribution in [-0.2, 0) is 13.1 Å². The van der Waals surface area contributed by atoms with Crippen LogP contribution in [0, 0.1) is 5.92 Å². The number of fused-ring (bicyclic) bond motifs is 1. The molecule has 3 heterocycles. The molecule has 2 N–H and O–H groups in total. The minimum atomic E-state index is 0.527. The number of para-hydroxylation sites is 1. The van der Waals surface area contributed by atoms with E-state index in [-0.39, 0.29) is 0 Å². The van der Waals surface area contributed by atoms with Gasteiger partial charge in [-0.3, -0.25) is 4.90 Å². The van der Waals surface area contributed by atoms with Crippen molar-refractivity contribution in [2.75, 3.05) is 45.3 Å². The molecule has 1 aromatic heterocycles. The first kappa shape index (κ1) is 27.1. The Morgan fingerprint density at radius 2 is 1.68 bits per heavy atom. The molecule has 0 radical (unpaired) electrons. The van der Waals surface area contributed by atoms with Crippen LogP contribution in [0.15, 0.2) is 84.9 Å². The first-order valence-corrected chi connectivity index (χ1v) is 14.5. The third-order valence-electron chi connectivity index (χ3n) is 7.82. The van der Waals surface area contributed by atoms with E-state index in [1.54, 1.807) is 7.11 Å². The van der Waals surface area contributed by atoms with Gasteiger partial charge in [0.25, 0.3) is 0 Å². The molecule has 0 spiro atoms. The molecule has 1 saturated heterocycles. The summed E-state index contributed by atoms with van der Waals surface area (Å²) in [5, 5.41) is 7.19. The molecular weight excluding hydrogens is 512 g/mol. The molecular formula is C34H38N4O3. The van der Waals surface area contributed by atoms with Gasteiger partial charge >= 0.3 is 0 Å². The van der Waals surface area contributed by atoms with Gasteiger partial charge in [-0.05, 0) is 85.9 Å². The minimum absolute atomic E-state index is 0.527. The molecule has 41 heavy (non-hydrogen) atoms. The quantitative estimate of drug-likeness (QED) is 0.241. The van der Waals surface area contributed by atoms with Crippen molar-refractivity contribution in [2.45, 2.75) is 25.9 Å². The van der Waals surface area contributed by atoms with Crippen molar-refractivity contribution in [3.63, 3.8) is 0 Å². The third kappa shape index (κ3) is 6.81. The first-order valence-electron chi connectivity index (χ1n) is 14.5. The van der Waals surface area contributed by atoms with E-state index < -0.39 is 0 Å². The maximum absolute atomic E-state index is 5.89. The van der Waals surface area contributed by atoms with Crippen molar-refractivity contribution in [2.24, 2.45) is 5.92 Å². The number of rotatable bonds is 10. The fourth-order valence-electron chi connectivity index (χ4n) is 5.64. The van der Waals surface area contributed by atoms with Crippen molar-refractivity contribution in [1.29, 1.82) is 0 Å². The molecule has 0 aliphatic carbocycles. The highest BCUT2D eigenvalue weighted by Crippen LogP contribution is 2.40. The summed E-state index contributed by atoms with van der Waals surface area (Å²) in [6.45, 7) is 6.37. The van der Waals surface area contributed by atoms with E-state index in [1.807, 2.05) is 30.3 Å². The van der Waals surface area contributed by atoms with Crippen molar-refractivity contribution in [3.05, 3.63) is 96.1 Å². The van der Waals surface area contributed by atoms with Gasteiger partial charge < -0.3 is 24.8 Å². The van der Waals surface area contributed by atoms with E-state index in [0.717, 1.165) is 59.7 Å². The lowest BCUT2D eigenvalue weighted by Gasteiger charge is -2.32. The highest BCUT2D eigenvalue weighted by atomic mass is 16.6. The Kier molecular flexibility index (Phi) is 8.64. The summed E-state index contributed by atoms with van der Waals surface area (Å²) in [6.07, 6.45) is 2.49. The number of methoxy groups -OCH3 is 1. The van der Waals surface area contributed by atoms with Gasteiger partial charge in [0, 0.05) is 24.3 Å². The van der Waals surface area contributed by atoms with Gasteiger partial charge in [0.2, 0.25) is 5.88 Å². The molecule has 2 aliphatic heterocycles. The summed E-state index contributed by atoms with van der Waals surface area (Å²) < 4.78 is 17.3. The lowest BCUT2D eigenvalue weighted by molar-refractivity contribution is 0.172. The Morgan fingerprint density at radius 1 is 0.878 bits per heavy atom. The first-order chi connectivity index (χ1) is 20.2. The minimum Gasteiger partial charge on any atom is -0.486 e. The molecule has 0 amide bonds. The van der Waals surface area contributed by atoms with E-state index in [4.69, 9.17) is 19.2 Å². The number of hydrogen-bond acceptors (Lipinski definition) is 7. The van der Waals surface area contributed by atoms with Gasteiger partial charge in [-0.25, -0.2) is 4.98 Å². The van der Waals surface area contributed by atoms with E-state index in [0.29, 0.717) is 19.1 Å². The van der Waals surface area contributed by atoms with Crippen LogP contribution in [0.5, 0.6) is 17.4 Å². The normalized spacial score (nSPS) is 15.4. The SMILES string of the molecule is COc1nc(-c2cccc3c2OCCO3)ccc1Nc1cccc(CNCC2CCN(Cc3ccccc3)CC2)c1. The Labute approximate surface area is 242 Å². The zero-order valence-corrected chi connectivity index (χ0v) is 23.6. The predicted molar refractivity (Wildman–Crippen MR) is 163 cm³/mol. The standard InChI is InChI=1S/C34H38N4O3/c1-39-34-31(14-13-30(37-34)29-11-6-12-32-33(29)41-20-19-40-32)36-28-10-5-9-27(21-28)23-35-22-25-15-17-38(18-16-25)24-26-7-3-2-4-8-26/h2-14,21,25,35-36H,15-20,22-24H2,1H3. The maximum Gasteiger partial charge on any atom is 0.238 e. The largest absolute Gasteiger partial charge is 0.486 e. The third-order valence-corrected chi connectivity index (χ3v) is 7.82. The van der Waals surface area contributed by atoms with Crippen LogP contribution in [0.1, 0.15) is 24.0 Å². The number of anilines is 2. The number of hydrogen-bond donors (Lipinski definition) is 2. The number of benzene rings is 3. The Bertz CT molecular complexity index is 1440. The average Bonchev–Trinajstić information content (AvgIpc) is 3.02. The van der Waals surface area contributed by atoms with Crippen molar-refractivity contribution in [3.8, 4) is 28.6 Å². The number of piperidine rings is 1. The Morgan fingerprint density at radius 3 is 2.54 bits per heavy atom. The van der Waals surface area contributed by atoms with E-state index in [1.165, 1.54) is 37.1 Å². The second kappa shape index (κ2) is 13.1. The molecule has 7 heteroatoms. The van der Waals surface area contributed by atoms with Crippen LogP contribution in [-0.4, -0.2) is 49.8 Å². The zero-order chi connectivity index (χ0) is 27.9. The fraction of sp³-hybridized carbons (Fsp3) is 0.324. The monoisotopic (exact) mass is 550 g/mol. The van der Waals surface area contributed by atoms with Gasteiger partial charge in [-0.1, -0.05) is 48.5 Å². The number of pyridine rings is 1. The van der Waals surface area contributed by atoms with E-state index in [2.05, 4.69) is 70.1 Å². The summed E-state index contributed by atoms with van der Waals surface area (Å²) in [7, 11) is 1.64. The van der Waals surface area contributed by atoms with Gasteiger partial charge in [0.1, 0.15) is 18.9 Å².